The molecule has 0 bridgehead atoms. The first-order valence-electron chi connectivity index (χ1n) is 2.56. The van der Waals surface area contributed by atoms with Gasteiger partial charge in [-0.2, -0.15) is 26.3 Å². The minimum Gasteiger partial charge on any atom is -0.219 e. The first kappa shape index (κ1) is 13.5. The van der Waals surface area contributed by atoms with E-state index in [1.807, 2.05) is 0 Å². The van der Waals surface area contributed by atoms with E-state index in [1.54, 1.807) is 15.9 Å². The topological polar surface area (TPSA) is 0 Å². The molecule has 0 saturated carbocycles. The molecule has 0 fully saturated rings. The molecule has 13 heavy (non-hydrogen) atoms. The molecule has 0 heterocycles. The highest BCUT2D eigenvalue weighted by Gasteiger charge is 2.66. The van der Waals surface area contributed by atoms with Crippen LogP contribution in [0, 0.1) is 0 Å². The molecule has 0 rings (SSSR count). The van der Waals surface area contributed by atoms with Crippen molar-refractivity contribution >= 4 is 31.9 Å². The smallest absolute Gasteiger partial charge is 0.219 e. The molecule has 0 aliphatic heterocycles. The van der Waals surface area contributed by atoms with Crippen LogP contribution in [-0.4, -0.2) is 21.8 Å². The van der Waals surface area contributed by atoms with Crippen molar-refractivity contribution in [2.75, 3.05) is 0 Å². The van der Waals surface area contributed by atoms with Crippen LogP contribution in [0.25, 0.3) is 0 Å². The maximum absolute atomic E-state index is 12.5. The maximum atomic E-state index is 12.5. The zero-order valence-corrected chi connectivity index (χ0v) is 8.65. The Morgan fingerprint density at radius 2 is 1.15 bits per heavy atom. The number of alkyl halides is 9. The van der Waals surface area contributed by atoms with Crippen molar-refractivity contribution in [1.29, 1.82) is 0 Å². The fourth-order valence-corrected chi connectivity index (χ4v) is 0.868. The standard InChI is InChI=1S/C4HBr2F7/c5-1(3(8,9)10)2(6,7)4(11,12)13/h1H. The third-order valence-corrected chi connectivity index (χ3v) is 3.66. The monoisotopic (exact) mass is 340 g/mol. The molecule has 2 unspecified atom stereocenters. The van der Waals surface area contributed by atoms with E-state index in [0.29, 0.717) is 0 Å². The minimum atomic E-state index is -5.64. The second-order valence-corrected chi connectivity index (χ2v) is 4.09. The lowest BCUT2D eigenvalue weighted by molar-refractivity contribution is -0.226. The van der Waals surface area contributed by atoms with Gasteiger partial charge in [0.2, 0.25) is 0 Å². The molecule has 2 atom stereocenters. The van der Waals surface area contributed by atoms with Gasteiger partial charge >= 0.3 is 12.4 Å². The van der Waals surface area contributed by atoms with E-state index in [2.05, 4.69) is 0 Å². The lowest BCUT2D eigenvalue weighted by Crippen LogP contribution is -2.49. The molecule has 0 radical (unpaired) electrons. The van der Waals surface area contributed by atoms with Crippen molar-refractivity contribution in [2.45, 2.75) is 21.8 Å². The van der Waals surface area contributed by atoms with Crippen molar-refractivity contribution in [3.8, 4) is 0 Å². The molecular weight excluding hydrogens is 341 g/mol. The lowest BCUT2D eigenvalue weighted by Gasteiger charge is -2.27. The molecular formula is C4HBr2F7. The summed E-state index contributed by atoms with van der Waals surface area (Å²) in [4.78, 5) is -3.34. The second kappa shape index (κ2) is 3.56. The van der Waals surface area contributed by atoms with Gasteiger partial charge < -0.3 is 0 Å². The largest absolute Gasteiger partial charge is 0.434 e. The number of hydrogen-bond donors (Lipinski definition) is 0. The maximum Gasteiger partial charge on any atom is 0.434 e. The van der Waals surface area contributed by atoms with Crippen LogP contribution in [-0.2, 0) is 0 Å². The molecule has 0 nitrogen and oxygen atoms in total. The fourth-order valence-electron chi connectivity index (χ4n) is 0.349. The van der Waals surface area contributed by atoms with E-state index in [1.165, 1.54) is 15.9 Å². The van der Waals surface area contributed by atoms with Gasteiger partial charge in [0, 0.05) is 0 Å². The van der Waals surface area contributed by atoms with Gasteiger partial charge in [0.25, 0.3) is 4.58 Å². The Labute approximate surface area is 84.7 Å². The highest BCUT2D eigenvalue weighted by Crippen LogP contribution is 2.49. The van der Waals surface area contributed by atoms with Crippen LogP contribution < -0.4 is 0 Å². The van der Waals surface area contributed by atoms with Crippen molar-refractivity contribution in [2.24, 2.45) is 0 Å². The van der Waals surface area contributed by atoms with Crippen LogP contribution in [0.1, 0.15) is 0 Å². The molecule has 0 amide bonds. The molecule has 0 saturated heterocycles. The van der Waals surface area contributed by atoms with E-state index < -0.39 is 21.8 Å². The Hall–Kier alpha value is 0.470. The van der Waals surface area contributed by atoms with E-state index in [4.69, 9.17) is 0 Å². The average Bonchev–Trinajstić information content (AvgIpc) is 1.81. The third kappa shape index (κ3) is 2.97. The Bertz CT molecular complexity index is 180. The van der Waals surface area contributed by atoms with Gasteiger partial charge in [0.15, 0.2) is 4.83 Å². The van der Waals surface area contributed by atoms with Crippen LogP contribution >= 0.6 is 31.9 Å². The van der Waals surface area contributed by atoms with E-state index in [9.17, 15) is 30.7 Å². The molecule has 0 aromatic carbocycles. The number of hydrogen-bond acceptors (Lipinski definition) is 0. The quantitative estimate of drug-likeness (QED) is 0.500. The van der Waals surface area contributed by atoms with Crippen LogP contribution in [0.15, 0.2) is 0 Å². The predicted octanol–water partition coefficient (Wildman–Crippen LogP) is 3.94. The summed E-state index contributed by atoms with van der Waals surface area (Å²) in [6.07, 6.45) is -11.0. The van der Waals surface area contributed by atoms with Crippen molar-refractivity contribution in [3.05, 3.63) is 0 Å². The van der Waals surface area contributed by atoms with Gasteiger partial charge in [0.1, 0.15) is 0 Å². The Morgan fingerprint density at radius 3 is 1.23 bits per heavy atom. The lowest BCUT2D eigenvalue weighted by atomic mass is 10.2. The first-order chi connectivity index (χ1) is 5.40. The predicted molar refractivity (Wildman–Crippen MR) is 37.6 cm³/mol. The summed E-state index contributed by atoms with van der Waals surface area (Å²) in [5.41, 5.74) is 0. The summed E-state index contributed by atoms with van der Waals surface area (Å²) in [5.74, 6) is 0. The van der Waals surface area contributed by atoms with Crippen LogP contribution in [0.5, 0.6) is 0 Å². The summed E-state index contributed by atoms with van der Waals surface area (Å²) < 4.78 is 78.0. The highest BCUT2D eigenvalue weighted by atomic mass is 79.9. The molecule has 0 aliphatic carbocycles. The van der Waals surface area contributed by atoms with Gasteiger partial charge in [-0.3, -0.25) is 0 Å². The summed E-state index contributed by atoms with van der Waals surface area (Å²) in [7, 11) is 0. The van der Waals surface area contributed by atoms with Crippen molar-refractivity contribution in [1.82, 2.24) is 0 Å². The fraction of sp³-hybridized carbons (Fsp3) is 1.00. The molecule has 9 heteroatoms. The van der Waals surface area contributed by atoms with Gasteiger partial charge in [-0.15, -0.1) is 0 Å². The minimum absolute atomic E-state index is 1.35. The molecule has 0 aromatic rings. The normalized spacial score (nSPS) is 21.0. The summed E-state index contributed by atoms with van der Waals surface area (Å²) in [6, 6.07) is 0. The zero-order chi connectivity index (χ0) is 11.1. The van der Waals surface area contributed by atoms with Crippen molar-refractivity contribution in [3.63, 3.8) is 0 Å². The van der Waals surface area contributed by atoms with Crippen LogP contribution in [0.3, 0.4) is 0 Å². The van der Waals surface area contributed by atoms with Gasteiger partial charge in [-0.1, -0.05) is 15.9 Å². The van der Waals surface area contributed by atoms with Gasteiger partial charge in [0.05, 0.1) is 0 Å². The number of rotatable bonds is 1. The van der Waals surface area contributed by atoms with Crippen LogP contribution in [0.2, 0.25) is 0 Å². The summed E-state index contributed by atoms with van der Waals surface area (Å²) in [6.45, 7) is 0. The zero-order valence-electron chi connectivity index (χ0n) is 5.48. The SMILES string of the molecule is FC(F)(F)C(Br)C(F)(Br)C(F)(F)F. The molecule has 0 N–H and O–H groups in total. The van der Waals surface area contributed by atoms with Gasteiger partial charge in [-0.05, 0) is 15.9 Å². The van der Waals surface area contributed by atoms with E-state index in [0.717, 1.165) is 0 Å². The molecule has 0 aliphatic rings. The summed E-state index contributed by atoms with van der Waals surface area (Å²) in [5, 5.41) is 0. The van der Waals surface area contributed by atoms with Crippen LogP contribution in [0.4, 0.5) is 30.7 Å². The summed E-state index contributed by atoms with van der Waals surface area (Å²) >= 11 is 2.93. The third-order valence-electron chi connectivity index (χ3n) is 0.984. The van der Waals surface area contributed by atoms with Gasteiger partial charge in [-0.25, -0.2) is 4.39 Å². The first-order valence-corrected chi connectivity index (χ1v) is 4.27. The Balaban J connectivity index is 4.86. The Morgan fingerprint density at radius 1 is 0.846 bits per heavy atom. The van der Waals surface area contributed by atoms with E-state index in [-0.39, 0.29) is 0 Å². The second-order valence-electron chi connectivity index (χ2n) is 2.02. The van der Waals surface area contributed by atoms with Crippen molar-refractivity contribution < 1.29 is 30.7 Å². The average molecular weight is 342 g/mol. The molecule has 0 spiro atoms. The molecule has 0 aromatic heterocycles. The van der Waals surface area contributed by atoms with E-state index >= 15 is 0 Å². The number of halogens is 9. The highest BCUT2D eigenvalue weighted by molar-refractivity contribution is 9.12. The molecule has 80 valence electrons. The Kier molecular flexibility index (Phi) is 3.69.